The summed E-state index contributed by atoms with van der Waals surface area (Å²) in [5.74, 6) is 0.677. The van der Waals surface area contributed by atoms with Gasteiger partial charge in [0, 0.05) is 57.4 Å². The van der Waals surface area contributed by atoms with Crippen LogP contribution in [0.15, 0.2) is 76.8 Å². The van der Waals surface area contributed by atoms with Crippen LogP contribution in [0.4, 0.5) is 10.5 Å². The standard InChI is InChI=1S/C34H42N6O4S/c1-36-33(41)44-31-10-6-9-30(31)34(24-35,26-7-4-3-5-8-26)27-15-19-39(20-16-27)21-25-22-40(23-25)28-11-13-29(14-12-28)45(42,43)32-17-18-38(2)37-32/h3-5,7-8,11-14,17-18,25,27,30-31H,6,9-10,15-16,19-23H2,1-2H3,(H,36,41)/t30-,31-,34?/m1/s1. The number of carbonyl (C=O) groups is 1. The number of hydrogen-bond donors (Lipinski definition) is 1. The molecule has 3 heterocycles. The predicted octanol–water partition coefficient (Wildman–Crippen LogP) is 4.39. The van der Waals surface area contributed by atoms with Crippen molar-refractivity contribution in [1.82, 2.24) is 20.0 Å². The first-order chi connectivity index (χ1) is 21.7. The third kappa shape index (κ3) is 6.06. The van der Waals surface area contributed by atoms with E-state index in [-0.39, 0.29) is 27.9 Å². The van der Waals surface area contributed by atoms with Crippen LogP contribution in [0, 0.1) is 29.1 Å². The van der Waals surface area contributed by atoms with Crippen molar-refractivity contribution >= 4 is 21.6 Å². The summed E-state index contributed by atoms with van der Waals surface area (Å²) < 4.78 is 33.1. The fraction of sp³-hybridized carbons (Fsp3) is 0.500. The number of aryl methyl sites for hydroxylation is 1. The van der Waals surface area contributed by atoms with Crippen molar-refractivity contribution < 1.29 is 17.9 Å². The Labute approximate surface area is 265 Å². The summed E-state index contributed by atoms with van der Waals surface area (Å²) in [4.78, 5) is 17.3. The molecule has 11 heteroatoms. The van der Waals surface area contributed by atoms with E-state index in [1.165, 1.54) is 10.7 Å². The van der Waals surface area contributed by atoms with E-state index in [2.05, 4.69) is 38.4 Å². The summed E-state index contributed by atoms with van der Waals surface area (Å²) in [5.41, 5.74) is 1.36. The number of likely N-dealkylation sites (tertiary alicyclic amines) is 1. The van der Waals surface area contributed by atoms with Gasteiger partial charge in [-0.25, -0.2) is 13.2 Å². The number of nitriles is 1. The molecular weight excluding hydrogens is 588 g/mol. The van der Waals surface area contributed by atoms with Crippen LogP contribution in [-0.4, -0.2) is 75.1 Å². The highest BCUT2D eigenvalue weighted by Gasteiger charge is 2.53. The second kappa shape index (κ2) is 12.9. The smallest absolute Gasteiger partial charge is 0.407 e. The summed E-state index contributed by atoms with van der Waals surface area (Å²) in [6.45, 7) is 4.74. The predicted molar refractivity (Wildman–Crippen MR) is 170 cm³/mol. The number of aromatic nitrogens is 2. The zero-order chi connectivity index (χ0) is 31.6. The van der Waals surface area contributed by atoms with Gasteiger partial charge in [-0.05, 0) is 87.0 Å². The molecule has 1 N–H and O–H groups in total. The van der Waals surface area contributed by atoms with E-state index in [0.717, 1.165) is 76.1 Å². The number of carbonyl (C=O) groups excluding carboxylic acids is 1. The van der Waals surface area contributed by atoms with Crippen molar-refractivity contribution in [2.75, 3.05) is 44.7 Å². The van der Waals surface area contributed by atoms with E-state index in [1.807, 2.05) is 30.3 Å². The molecule has 0 bridgehead atoms. The van der Waals surface area contributed by atoms with Gasteiger partial charge in [0.05, 0.1) is 16.4 Å². The second-order valence-electron chi connectivity index (χ2n) is 12.7. The Morgan fingerprint density at radius 2 is 1.76 bits per heavy atom. The van der Waals surface area contributed by atoms with Crippen molar-refractivity contribution in [1.29, 1.82) is 5.26 Å². The third-order valence-corrected chi connectivity index (χ3v) is 11.8. The minimum atomic E-state index is -3.63. The fourth-order valence-electron chi connectivity index (χ4n) is 7.82. The third-order valence-electron chi connectivity index (χ3n) is 10.1. The molecular formula is C34H42N6O4S. The van der Waals surface area contributed by atoms with E-state index in [0.29, 0.717) is 5.92 Å². The Bertz CT molecular complexity index is 1620. The molecule has 3 atom stereocenters. The molecule has 1 aromatic heterocycles. The number of sulfone groups is 1. The number of nitrogens with zero attached hydrogens (tertiary/aromatic N) is 5. The highest BCUT2D eigenvalue weighted by atomic mass is 32.2. The molecule has 10 nitrogen and oxygen atoms in total. The molecule has 6 rings (SSSR count). The van der Waals surface area contributed by atoms with Crippen LogP contribution < -0.4 is 10.2 Å². The van der Waals surface area contributed by atoms with Gasteiger partial charge in [-0.15, -0.1) is 0 Å². The number of ether oxygens (including phenoxy) is 1. The highest BCUT2D eigenvalue weighted by Crippen LogP contribution is 2.51. The SMILES string of the molecule is CNC(=O)O[C@@H]1CCC[C@H]1C(C#N)(c1ccccc1)C1CCN(CC2CN(c3ccc(S(=O)(=O)c4ccn(C)n4)cc3)C2)CC1. The van der Waals surface area contributed by atoms with Gasteiger partial charge >= 0.3 is 6.09 Å². The first-order valence-electron chi connectivity index (χ1n) is 15.9. The van der Waals surface area contributed by atoms with E-state index in [9.17, 15) is 18.5 Å². The molecule has 0 radical (unpaired) electrons. The molecule has 3 aliphatic rings. The first-order valence-corrected chi connectivity index (χ1v) is 17.4. The van der Waals surface area contributed by atoms with Gasteiger partial charge in [-0.1, -0.05) is 30.3 Å². The Hall–Kier alpha value is -3.88. The van der Waals surface area contributed by atoms with Crippen LogP contribution in [0.5, 0.6) is 0 Å². The van der Waals surface area contributed by atoms with Crippen LogP contribution in [0.2, 0.25) is 0 Å². The maximum atomic E-state index is 12.9. The van der Waals surface area contributed by atoms with E-state index < -0.39 is 21.3 Å². The van der Waals surface area contributed by atoms with Gasteiger partial charge < -0.3 is 19.9 Å². The quantitative estimate of drug-likeness (QED) is 0.370. The molecule has 45 heavy (non-hydrogen) atoms. The number of nitrogens with one attached hydrogen (secondary N) is 1. The molecule has 3 fully saturated rings. The van der Waals surface area contributed by atoms with Crippen LogP contribution >= 0.6 is 0 Å². The number of alkyl carbamates (subject to hydrolysis) is 1. The maximum Gasteiger partial charge on any atom is 0.407 e. The number of hydrogen-bond acceptors (Lipinski definition) is 8. The Morgan fingerprint density at radius 1 is 1.04 bits per heavy atom. The summed E-state index contributed by atoms with van der Waals surface area (Å²) in [6.07, 6.45) is 5.38. The lowest BCUT2D eigenvalue weighted by atomic mass is 9.59. The fourth-order valence-corrected chi connectivity index (χ4v) is 9.03. The van der Waals surface area contributed by atoms with Gasteiger partial charge in [-0.2, -0.15) is 10.4 Å². The maximum absolute atomic E-state index is 12.9. The number of piperidine rings is 1. The Kier molecular flexibility index (Phi) is 8.89. The summed E-state index contributed by atoms with van der Waals surface area (Å²) in [5, 5.41) is 17.6. The largest absolute Gasteiger partial charge is 0.446 e. The molecule has 0 spiro atoms. The Balaban J connectivity index is 1.07. The van der Waals surface area contributed by atoms with Gasteiger partial charge in [0.1, 0.15) is 6.10 Å². The zero-order valence-corrected chi connectivity index (χ0v) is 26.8. The molecule has 1 aliphatic carbocycles. The number of anilines is 1. The van der Waals surface area contributed by atoms with E-state index in [4.69, 9.17) is 4.74 Å². The average Bonchev–Trinajstić information content (AvgIpc) is 3.70. The van der Waals surface area contributed by atoms with Gasteiger partial charge in [0.25, 0.3) is 0 Å². The van der Waals surface area contributed by atoms with Crippen LogP contribution in [0.25, 0.3) is 0 Å². The molecule has 1 amide bonds. The topological polar surface area (TPSA) is 121 Å². The number of amides is 1. The van der Waals surface area contributed by atoms with Crippen molar-refractivity contribution in [3.63, 3.8) is 0 Å². The number of rotatable bonds is 9. The van der Waals surface area contributed by atoms with Gasteiger partial charge in [0.15, 0.2) is 5.03 Å². The Morgan fingerprint density at radius 3 is 2.38 bits per heavy atom. The first kappa shape index (κ1) is 31.1. The highest BCUT2D eigenvalue weighted by molar-refractivity contribution is 7.91. The lowest BCUT2D eigenvalue weighted by molar-refractivity contribution is 0.0307. The minimum absolute atomic E-state index is 0.0377. The van der Waals surface area contributed by atoms with Crippen LogP contribution in [0.1, 0.15) is 37.7 Å². The van der Waals surface area contributed by atoms with Gasteiger partial charge in [0.2, 0.25) is 9.84 Å². The second-order valence-corrected chi connectivity index (χ2v) is 14.6. The minimum Gasteiger partial charge on any atom is -0.446 e. The lowest BCUT2D eigenvalue weighted by Gasteiger charge is -2.47. The molecule has 2 aromatic carbocycles. The van der Waals surface area contributed by atoms with Crippen LogP contribution in [-0.2, 0) is 27.0 Å². The molecule has 1 unspecified atom stereocenters. The molecule has 1 saturated carbocycles. The lowest BCUT2D eigenvalue weighted by Crippen LogP contribution is -2.54. The normalized spacial score (nSPS) is 22.7. The van der Waals surface area contributed by atoms with E-state index in [1.54, 1.807) is 32.4 Å². The molecule has 238 valence electrons. The molecule has 2 saturated heterocycles. The zero-order valence-electron chi connectivity index (χ0n) is 26.0. The van der Waals surface area contributed by atoms with Crippen molar-refractivity contribution in [2.45, 2.75) is 53.5 Å². The average molecular weight is 631 g/mol. The van der Waals surface area contributed by atoms with Crippen molar-refractivity contribution in [3.05, 3.63) is 72.4 Å². The molecule has 2 aliphatic heterocycles. The number of benzene rings is 2. The van der Waals surface area contributed by atoms with E-state index >= 15 is 0 Å². The summed E-state index contributed by atoms with van der Waals surface area (Å²) in [7, 11) is -0.356. The molecule has 3 aromatic rings. The summed E-state index contributed by atoms with van der Waals surface area (Å²) >= 11 is 0. The monoisotopic (exact) mass is 630 g/mol. The van der Waals surface area contributed by atoms with Gasteiger partial charge in [-0.3, -0.25) is 4.68 Å². The van der Waals surface area contributed by atoms with Crippen LogP contribution in [0.3, 0.4) is 0 Å². The van der Waals surface area contributed by atoms with Crippen molar-refractivity contribution in [2.24, 2.45) is 24.8 Å². The van der Waals surface area contributed by atoms with Crippen molar-refractivity contribution in [3.8, 4) is 6.07 Å². The summed E-state index contributed by atoms with van der Waals surface area (Å²) in [6, 6.07) is 21.6.